The summed E-state index contributed by atoms with van der Waals surface area (Å²) in [4.78, 5) is 122. The zero-order chi connectivity index (χ0) is 48.8. The van der Waals surface area contributed by atoms with Crippen molar-refractivity contribution in [2.75, 3.05) is 18.1 Å². The quantitative estimate of drug-likeness (QED) is 0.107. The second-order valence-corrected chi connectivity index (χ2v) is 18.4. The molecule has 0 saturated carbocycles. The average Bonchev–Trinajstić information content (AvgIpc) is 3.75. The van der Waals surface area contributed by atoms with Gasteiger partial charge < -0.3 is 73.8 Å². The van der Waals surface area contributed by atoms with Gasteiger partial charge in [0.1, 0.15) is 53.8 Å². The Morgan fingerprint density at radius 2 is 1.12 bits per heavy atom. The van der Waals surface area contributed by atoms with Crippen LogP contribution in [0.15, 0.2) is 48.5 Å². The average molecular weight is 962 g/mol. The maximum absolute atomic E-state index is 14.1. The standard InChI is InChI=1S/C41H55N9O14S2/c1-19(51)32-38(60)45-27(15-22-7-11-24(54)12-8-22)36(58)47-29(41(63)64)18-66-65-17-25(42)34(56)44-26(14-21-5-9-23(53)10-6-21)35(57)46-28(16-31(43)55)40(62)50-13-3-4-30(50)37(59)48-33(20(2)52)39(61)49-32/h5-12,19-20,25-30,32-33,51-54H,3-4,13-18,42H2,1-2H3,(H2,43,55)(H,44,56)(H,45,60)(H,46,57)(H,47,58)(H,48,59)(H,49,61)(H,63,64)/t19-,20-,25+,26+,27+,28+,29+,30+,32+,33+/m1/s1. The number of fused-ring (bicyclic) bond motifs is 1. The third kappa shape index (κ3) is 15.2. The third-order valence-electron chi connectivity index (χ3n) is 10.5. The number of aliphatic carboxylic acids is 1. The van der Waals surface area contributed by atoms with Crippen LogP contribution in [0.1, 0.15) is 44.2 Å². The number of benzene rings is 2. The van der Waals surface area contributed by atoms with E-state index in [2.05, 4.69) is 31.9 Å². The van der Waals surface area contributed by atoms with E-state index in [4.69, 9.17) is 11.5 Å². The van der Waals surface area contributed by atoms with Crippen LogP contribution in [-0.4, -0.2) is 162 Å². The lowest BCUT2D eigenvalue weighted by Gasteiger charge is -2.31. The molecular weight excluding hydrogens is 907 g/mol. The predicted octanol–water partition coefficient (Wildman–Crippen LogP) is -3.77. The SMILES string of the molecule is C[C@@H](O)[C@@H]1NC(=O)[C@H]([C@@H](C)O)NC(=O)[C@@H]2CCCN2C(=O)[C@H](CC(N)=O)NC(=O)[C@H](Cc2ccc(O)cc2)NC(=O)[C@@H](N)CSSC[C@@H](C(=O)O)NC(=O)[C@H](Cc2ccc(O)cc2)NC1=O. The number of nitrogens with zero attached hydrogens (tertiary/aromatic N) is 1. The minimum atomic E-state index is -1.83. The second-order valence-electron chi connectivity index (χ2n) is 15.8. The minimum Gasteiger partial charge on any atom is -0.508 e. The van der Waals surface area contributed by atoms with Crippen molar-refractivity contribution < 1.29 is 68.7 Å². The number of nitrogens with two attached hydrogens (primary N) is 2. The van der Waals surface area contributed by atoms with Crippen molar-refractivity contribution in [3.63, 3.8) is 0 Å². The Hall–Kier alpha value is -6.15. The molecule has 10 atom stereocenters. The predicted molar refractivity (Wildman–Crippen MR) is 238 cm³/mol. The summed E-state index contributed by atoms with van der Waals surface area (Å²) in [5.74, 6) is -10.1. The molecular formula is C41H55N9O14S2. The molecule has 2 saturated heterocycles. The number of phenols is 2. The van der Waals surface area contributed by atoms with E-state index in [9.17, 15) is 68.7 Å². The number of carboxylic acid groups (broad SMARTS) is 1. The number of nitrogens with one attached hydrogen (secondary N) is 6. The highest BCUT2D eigenvalue weighted by Crippen LogP contribution is 2.24. The molecule has 0 unspecified atom stereocenters. The number of aliphatic hydroxyl groups is 2. The molecule has 360 valence electrons. The Morgan fingerprint density at radius 3 is 1.62 bits per heavy atom. The summed E-state index contributed by atoms with van der Waals surface area (Å²) in [6, 6.07) is -1.35. The normalized spacial score (nSPS) is 26.9. The maximum atomic E-state index is 14.1. The van der Waals surface area contributed by atoms with Crippen LogP contribution >= 0.6 is 21.6 Å². The van der Waals surface area contributed by atoms with Crippen LogP contribution in [0.5, 0.6) is 11.5 Å². The summed E-state index contributed by atoms with van der Waals surface area (Å²) >= 11 is 0. The first-order chi connectivity index (χ1) is 31.1. The molecule has 2 fully saturated rings. The molecule has 2 heterocycles. The summed E-state index contributed by atoms with van der Waals surface area (Å²) in [6.07, 6.45) is -4.23. The highest BCUT2D eigenvalue weighted by atomic mass is 33.1. The number of rotatable bonds is 9. The van der Waals surface area contributed by atoms with Gasteiger partial charge in [-0.1, -0.05) is 45.9 Å². The van der Waals surface area contributed by atoms with Gasteiger partial charge in [-0.05, 0) is 62.1 Å². The van der Waals surface area contributed by atoms with Gasteiger partial charge in [-0.15, -0.1) is 0 Å². The monoisotopic (exact) mass is 961 g/mol. The number of hydrogen-bond donors (Lipinski definition) is 13. The molecule has 2 aliphatic rings. The first-order valence-electron chi connectivity index (χ1n) is 20.7. The fourth-order valence-corrected chi connectivity index (χ4v) is 9.21. The number of amides is 8. The van der Waals surface area contributed by atoms with Crippen molar-refractivity contribution >= 4 is 74.8 Å². The van der Waals surface area contributed by atoms with E-state index in [1.807, 2.05) is 0 Å². The summed E-state index contributed by atoms with van der Waals surface area (Å²) in [6.45, 7) is 2.23. The van der Waals surface area contributed by atoms with Gasteiger partial charge in [-0.3, -0.25) is 38.4 Å². The summed E-state index contributed by atoms with van der Waals surface area (Å²) in [7, 11) is 1.88. The van der Waals surface area contributed by atoms with E-state index in [1.54, 1.807) is 0 Å². The van der Waals surface area contributed by atoms with Crippen molar-refractivity contribution in [3.05, 3.63) is 59.7 Å². The number of aliphatic hydroxyl groups excluding tert-OH is 2. The fraction of sp³-hybridized carbons (Fsp3) is 0.488. The molecule has 2 aromatic rings. The lowest BCUT2D eigenvalue weighted by molar-refractivity contribution is -0.144. The molecule has 0 spiro atoms. The summed E-state index contributed by atoms with van der Waals surface area (Å²) in [5, 5.41) is 65.4. The Balaban J connectivity index is 1.72. The lowest BCUT2D eigenvalue weighted by atomic mass is 10.0. The maximum Gasteiger partial charge on any atom is 0.327 e. The Bertz CT molecular complexity index is 2100. The van der Waals surface area contributed by atoms with Gasteiger partial charge in [-0.2, -0.15) is 0 Å². The summed E-state index contributed by atoms with van der Waals surface area (Å²) in [5.41, 5.74) is 12.5. The Labute approximate surface area is 386 Å². The largest absolute Gasteiger partial charge is 0.508 e. The van der Waals surface area contributed by atoms with Crippen molar-refractivity contribution in [3.8, 4) is 11.5 Å². The smallest absolute Gasteiger partial charge is 0.327 e. The Morgan fingerprint density at radius 1 is 0.667 bits per heavy atom. The molecule has 0 aromatic heterocycles. The number of carbonyl (C=O) groups is 9. The first-order valence-corrected chi connectivity index (χ1v) is 23.2. The molecule has 0 bridgehead atoms. The van der Waals surface area contributed by atoms with Crippen molar-refractivity contribution in [2.45, 2.75) is 106 Å². The molecule has 8 amide bonds. The van der Waals surface area contributed by atoms with Crippen molar-refractivity contribution in [1.29, 1.82) is 0 Å². The van der Waals surface area contributed by atoms with E-state index in [-0.39, 0.29) is 55.2 Å². The van der Waals surface area contributed by atoms with Gasteiger partial charge >= 0.3 is 5.97 Å². The number of phenolic OH excluding ortho intramolecular Hbond substituents is 2. The Kier molecular flexibility index (Phi) is 19.4. The van der Waals surface area contributed by atoms with Crippen LogP contribution < -0.4 is 43.4 Å². The lowest BCUT2D eigenvalue weighted by Crippen LogP contribution is -2.63. The van der Waals surface area contributed by atoms with Crippen LogP contribution in [0.3, 0.4) is 0 Å². The van der Waals surface area contributed by atoms with Gasteiger partial charge in [0, 0.05) is 30.9 Å². The van der Waals surface area contributed by atoms with Crippen molar-refractivity contribution in [2.24, 2.45) is 11.5 Å². The van der Waals surface area contributed by atoms with Crippen LogP contribution in [0.2, 0.25) is 0 Å². The van der Waals surface area contributed by atoms with Crippen LogP contribution in [0.25, 0.3) is 0 Å². The van der Waals surface area contributed by atoms with Gasteiger partial charge in [-0.25, -0.2) is 4.79 Å². The minimum absolute atomic E-state index is 0.0304. The van der Waals surface area contributed by atoms with E-state index < -0.39 is 120 Å². The van der Waals surface area contributed by atoms with E-state index in [0.29, 0.717) is 11.1 Å². The number of carbonyl (C=O) groups excluding carboxylic acids is 8. The highest BCUT2D eigenvalue weighted by molar-refractivity contribution is 8.76. The number of hydrogen-bond acceptors (Lipinski definition) is 16. The first kappa shape index (κ1) is 52.5. The third-order valence-corrected chi connectivity index (χ3v) is 13.0. The van der Waals surface area contributed by atoms with Crippen molar-refractivity contribution in [1.82, 2.24) is 36.8 Å². The van der Waals surface area contributed by atoms with Crippen LogP contribution in [-0.2, 0) is 56.0 Å². The van der Waals surface area contributed by atoms with Gasteiger partial charge in [0.05, 0.1) is 24.7 Å². The molecule has 25 heteroatoms. The second kappa shape index (κ2) is 24.4. The molecule has 2 aromatic carbocycles. The van der Waals surface area contributed by atoms with Gasteiger partial charge in [0.2, 0.25) is 47.3 Å². The molecule has 23 nitrogen and oxygen atoms in total. The van der Waals surface area contributed by atoms with E-state index in [1.165, 1.54) is 48.5 Å². The van der Waals surface area contributed by atoms with Crippen LogP contribution in [0, 0.1) is 0 Å². The topological polar surface area (TPSA) is 382 Å². The summed E-state index contributed by atoms with van der Waals surface area (Å²) < 4.78 is 0. The van der Waals surface area contributed by atoms with Gasteiger partial charge in [0.25, 0.3) is 0 Å². The van der Waals surface area contributed by atoms with Crippen LogP contribution in [0.4, 0.5) is 0 Å². The highest BCUT2D eigenvalue weighted by Gasteiger charge is 2.42. The molecule has 4 rings (SSSR count). The molecule has 2 aliphatic heterocycles. The zero-order valence-electron chi connectivity index (χ0n) is 35.9. The number of primary amides is 1. The number of aromatic hydroxyl groups is 2. The molecule has 66 heavy (non-hydrogen) atoms. The van der Waals surface area contributed by atoms with E-state index in [0.717, 1.165) is 40.3 Å². The molecule has 15 N–H and O–H groups in total. The van der Waals surface area contributed by atoms with Gasteiger partial charge in [0.15, 0.2) is 0 Å². The molecule has 0 radical (unpaired) electrons. The van der Waals surface area contributed by atoms with E-state index >= 15 is 0 Å². The molecule has 0 aliphatic carbocycles. The zero-order valence-corrected chi connectivity index (χ0v) is 37.5. The fourth-order valence-electron chi connectivity index (χ4n) is 6.93. The number of carboxylic acids is 1.